The predicted molar refractivity (Wildman–Crippen MR) is 263 cm³/mol. The number of allylic oxidation sites excluding steroid dienone is 16. The highest BCUT2D eigenvalue weighted by molar-refractivity contribution is 6.15. The first-order valence-electron chi connectivity index (χ1n) is 24.2. The van der Waals surface area contributed by atoms with Crippen LogP contribution in [0.25, 0.3) is 28.9 Å². The summed E-state index contributed by atoms with van der Waals surface area (Å²) in [7, 11) is 0. The quantitative estimate of drug-likeness (QED) is 0.210. The molecule has 0 spiro atoms. The minimum Gasteiger partial charge on any atom is -0.461 e. The van der Waals surface area contributed by atoms with Gasteiger partial charge in [-0.05, 0) is 163 Å². The van der Waals surface area contributed by atoms with Crippen molar-refractivity contribution in [2.45, 2.75) is 88.4 Å². The summed E-state index contributed by atoms with van der Waals surface area (Å²) in [6.45, 7) is 0. The van der Waals surface area contributed by atoms with Gasteiger partial charge in [0.2, 0.25) is 0 Å². The van der Waals surface area contributed by atoms with Crippen molar-refractivity contribution in [2.24, 2.45) is 22.7 Å². The molecule has 3 heterocycles. The summed E-state index contributed by atoms with van der Waals surface area (Å²) in [6.07, 6.45) is 48.7. The van der Waals surface area contributed by atoms with Crippen LogP contribution in [0.5, 0.6) is 5.75 Å². The van der Waals surface area contributed by atoms with E-state index in [1.165, 1.54) is 97.6 Å². The Morgan fingerprint density at radius 1 is 0.703 bits per heavy atom. The van der Waals surface area contributed by atoms with Gasteiger partial charge in [0.05, 0.1) is 5.71 Å². The van der Waals surface area contributed by atoms with Crippen LogP contribution in [0.2, 0.25) is 0 Å². The van der Waals surface area contributed by atoms with Crippen LogP contribution in [0.4, 0.5) is 0 Å². The van der Waals surface area contributed by atoms with Crippen molar-refractivity contribution in [3.05, 3.63) is 213 Å². The minimum atomic E-state index is -0.261. The lowest BCUT2D eigenvalue weighted by molar-refractivity contribution is 0.369. The normalized spacial score (nSPS) is 28.0. The Bertz CT molecular complexity index is 2930. The van der Waals surface area contributed by atoms with Crippen LogP contribution in [-0.2, 0) is 12.8 Å². The van der Waals surface area contributed by atoms with Crippen molar-refractivity contribution in [1.82, 2.24) is 9.88 Å². The van der Waals surface area contributed by atoms with E-state index in [1.54, 1.807) is 0 Å². The van der Waals surface area contributed by atoms with E-state index in [0.717, 1.165) is 56.4 Å². The Kier molecular flexibility index (Phi) is 9.43. The third-order valence-corrected chi connectivity index (χ3v) is 15.6. The fraction of sp³-hybridized carbons (Fsp3) is 0.283. The Balaban J connectivity index is 0.933. The van der Waals surface area contributed by atoms with Crippen molar-refractivity contribution in [1.29, 1.82) is 0 Å². The van der Waals surface area contributed by atoms with E-state index >= 15 is 0 Å². The average molecular weight is 834 g/mol. The highest BCUT2D eigenvalue weighted by Gasteiger charge is 2.37. The lowest BCUT2D eigenvalue weighted by atomic mass is 9.76. The molecule has 4 heteroatoms. The molecule has 0 saturated heterocycles. The van der Waals surface area contributed by atoms with E-state index in [0.29, 0.717) is 29.6 Å². The molecule has 4 aromatic rings. The molecule has 7 aliphatic carbocycles. The molecule has 2 aliphatic heterocycles. The molecule has 0 fully saturated rings. The molecule has 3 aromatic carbocycles. The van der Waals surface area contributed by atoms with Gasteiger partial charge >= 0.3 is 0 Å². The van der Waals surface area contributed by atoms with E-state index in [9.17, 15) is 0 Å². The molecular formula is C60H55N3O. The highest BCUT2D eigenvalue weighted by atomic mass is 16.5. The zero-order chi connectivity index (χ0) is 42.1. The summed E-state index contributed by atoms with van der Waals surface area (Å²) in [4.78, 5) is 5.86. The topological polar surface area (TPSA) is 38.5 Å². The predicted octanol–water partition coefficient (Wildman–Crippen LogP) is 13.9. The number of benzene rings is 3. The molecular weight excluding hydrogens is 779 g/mol. The van der Waals surface area contributed by atoms with Crippen molar-refractivity contribution >= 4 is 23.4 Å². The van der Waals surface area contributed by atoms with Crippen molar-refractivity contribution in [2.75, 3.05) is 0 Å². The van der Waals surface area contributed by atoms with Crippen molar-refractivity contribution < 1.29 is 4.74 Å². The average Bonchev–Trinajstić information content (AvgIpc) is 3.91. The maximum absolute atomic E-state index is 6.37. The van der Waals surface area contributed by atoms with Crippen LogP contribution in [0.1, 0.15) is 114 Å². The van der Waals surface area contributed by atoms with Gasteiger partial charge in [0, 0.05) is 52.2 Å². The third kappa shape index (κ3) is 6.64. The van der Waals surface area contributed by atoms with Gasteiger partial charge in [-0.25, -0.2) is 4.99 Å². The number of hydrogen-bond donors (Lipinski definition) is 1. The molecule has 0 saturated carbocycles. The summed E-state index contributed by atoms with van der Waals surface area (Å²) in [5, 5.41) is 4.11. The van der Waals surface area contributed by atoms with Crippen LogP contribution in [-0.4, -0.2) is 16.3 Å². The summed E-state index contributed by atoms with van der Waals surface area (Å²) in [5.74, 6) is 4.35. The first-order valence-corrected chi connectivity index (χ1v) is 24.2. The molecule has 7 atom stereocenters. The maximum Gasteiger partial charge on any atom is 0.181 e. The number of fused-ring (bicyclic) bond motifs is 8. The number of hydrogen-bond acceptors (Lipinski definition) is 3. The fourth-order valence-corrected chi connectivity index (χ4v) is 12.3. The molecule has 7 unspecified atom stereocenters. The fourth-order valence-electron chi connectivity index (χ4n) is 12.3. The van der Waals surface area contributed by atoms with E-state index in [2.05, 4.69) is 174 Å². The monoisotopic (exact) mass is 833 g/mol. The molecule has 316 valence electrons. The SMILES string of the molecule is C1=CCC2NC(n3c4c(c5c3C=CC(c3ccc6c(c3)C3CCCC=C3O6)C5)CC(C3=CCCC=C3)C=C4)N=C(c3cc(C4=CC5C=CC=CC5CC4)cc(-c4ccccc4)c3)C2=C1. The second-order valence-electron chi connectivity index (χ2n) is 19.4. The van der Waals surface area contributed by atoms with Gasteiger partial charge in [-0.15, -0.1) is 0 Å². The van der Waals surface area contributed by atoms with Gasteiger partial charge in [-0.1, -0.05) is 121 Å². The van der Waals surface area contributed by atoms with Gasteiger partial charge < -0.3 is 9.30 Å². The number of aliphatic imine (C=N–C) groups is 1. The Morgan fingerprint density at radius 3 is 2.44 bits per heavy atom. The van der Waals surface area contributed by atoms with Crippen molar-refractivity contribution in [3.8, 4) is 16.9 Å². The first kappa shape index (κ1) is 38.2. The van der Waals surface area contributed by atoms with E-state index in [4.69, 9.17) is 9.73 Å². The molecule has 1 aromatic heterocycles. The van der Waals surface area contributed by atoms with E-state index < -0.39 is 0 Å². The molecule has 9 aliphatic rings. The number of aromatic nitrogens is 1. The molecule has 64 heavy (non-hydrogen) atoms. The minimum absolute atomic E-state index is 0.152. The number of ether oxygens (including phenoxy) is 1. The first-order chi connectivity index (χ1) is 31.7. The number of rotatable bonds is 6. The molecule has 0 amide bonds. The van der Waals surface area contributed by atoms with E-state index in [-0.39, 0.29) is 12.3 Å². The second kappa shape index (κ2) is 15.8. The van der Waals surface area contributed by atoms with Crippen LogP contribution in [0.3, 0.4) is 0 Å². The Labute approximate surface area is 377 Å². The van der Waals surface area contributed by atoms with Crippen LogP contribution in [0, 0.1) is 17.8 Å². The number of nitrogens with zero attached hydrogens (tertiary/aromatic N) is 2. The highest BCUT2D eigenvalue weighted by Crippen LogP contribution is 2.49. The standard InChI is InChI=1S/C60H55N3O/c1-3-13-38(14-4-1)43-25-28-55-51(35-43)52-36-44(45-27-30-58-53(37-45)49-19-10-12-22-57(49)64-58)26-29-56(52)63(55)60-61-54-21-11-9-20-50(54)59(62-60)48-33-46(39-15-5-2-6-16-39)32-47(34-48)42-24-23-40-17-7-8-18-41(40)31-42/h2-3,5-9,11,13-18,20,22,25-34,37,40-41,43-44,49,54,60-61H,1,4,10,12,19,21,23-24,35-36H2. The van der Waals surface area contributed by atoms with Gasteiger partial charge in [0.15, 0.2) is 6.29 Å². The van der Waals surface area contributed by atoms with Gasteiger partial charge in [-0.3, -0.25) is 5.32 Å². The molecule has 13 rings (SSSR count). The molecule has 4 nitrogen and oxygen atoms in total. The Morgan fingerprint density at radius 2 is 1.55 bits per heavy atom. The summed E-state index contributed by atoms with van der Waals surface area (Å²) >= 11 is 0. The third-order valence-electron chi connectivity index (χ3n) is 15.6. The second-order valence-corrected chi connectivity index (χ2v) is 19.4. The lowest BCUT2D eigenvalue weighted by Gasteiger charge is -2.35. The maximum atomic E-state index is 6.37. The zero-order valence-electron chi connectivity index (χ0n) is 36.5. The summed E-state index contributed by atoms with van der Waals surface area (Å²) in [5.41, 5.74) is 18.7. The van der Waals surface area contributed by atoms with Crippen LogP contribution >= 0.6 is 0 Å². The largest absolute Gasteiger partial charge is 0.461 e. The lowest BCUT2D eigenvalue weighted by Crippen LogP contribution is -2.44. The van der Waals surface area contributed by atoms with Gasteiger partial charge in [0.25, 0.3) is 0 Å². The van der Waals surface area contributed by atoms with Crippen LogP contribution < -0.4 is 10.1 Å². The van der Waals surface area contributed by atoms with Gasteiger partial charge in [0.1, 0.15) is 11.5 Å². The number of nitrogens with one attached hydrogen (secondary N) is 1. The van der Waals surface area contributed by atoms with E-state index in [1.807, 2.05) is 0 Å². The van der Waals surface area contributed by atoms with Crippen LogP contribution in [0.15, 0.2) is 174 Å². The Hall–Kier alpha value is -6.23. The summed E-state index contributed by atoms with van der Waals surface area (Å²) in [6, 6.07) is 25.4. The molecule has 0 bridgehead atoms. The van der Waals surface area contributed by atoms with Gasteiger partial charge in [-0.2, -0.15) is 0 Å². The van der Waals surface area contributed by atoms with Crippen molar-refractivity contribution in [3.63, 3.8) is 0 Å². The molecule has 1 N–H and O–H groups in total. The molecule has 0 radical (unpaired) electrons. The summed E-state index contributed by atoms with van der Waals surface area (Å²) < 4.78 is 8.94. The smallest absolute Gasteiger partial charge is 0.181 e. The zero-order valence-corrected chi connectivity index (χ0v) is 36.5.